The number of nitrogens with one attached hydrogen (secondary N) is 1. The van der Waals surface area contributed by atoms with E-state index >= 15 is 0 Å². The lowest BCUT2D eigenvalue weighted by Crippen LogP contribution is -2.24. The van der Waals surface area contributed by atoms with Crippen molar-refractivity contribution in [1.29, 1.82) is 0 Å². The minimum atomic E-state index is -0.241. The lowest BCUT2D eigenvalue weighted by molar-refractivity contribution is 0.0945. The minimum Gasteiger partial charge on any atom is -0.467 e. The first-order chi connectivity index (χ1) is 9.34. The van der Waals surface area contributed by atoms with Crippen LogP contribution in [0.15, 0.2) is 53.4 Å². The van der Waals surface area contributed by atoms with Crippen LogP contribution in [0.25, 0.3) is 10.9 Å². The summed E-state index contributed by atoms with van der Waals surface area (Å²) in [4.78, 5) is 20.3. The molecule has 0 atom stereocenters. The summed E-state index contributed by atoms with van der Waals surface area (Å²) >= 11 is 0. The fourth-order valence-electron chi connectivity index (χ4n) is 1.85. The van der Waals surface area contributed by atoms with Crippen molar-refractivity contribution in [2.24, 2.45) is 0 Å². The first-order valence-electron chi connectivity index (χ1n) is 5.85. The average Bonchev–Trinajstić information content (AvgIpc) is 2.97. The largest absolute Gasteiger partial charge is 0.467 e. The lowest BCUT2D eigenvalue weighted by Gasteiger charge is -2.05. The maximum Gasteiger partial charge on any atom is 0.271 e. The van der Waals surface area contributed by atoms with Crippen LogP contribution < -0.4 is 5.32 Å². The van der Waals surface area contributed by atoms with Gasteiger partial charge in [-0.1, -0.05) is 18.2 Å². The molecule has 5 nitrogen and oxygen atoms in total. The van der Waals surface area contributed by atoms with E-state index in [1.807, 2.05) is 24.3 Å². The molecule has 0 aliphatic heterocycles. The molecule has 19 heavy (non-hydrogen) atoms. The van der Waals surface area contributed by atoms with E-state index < -0.39 is 0 Å². The van der Waals surface area contributed by atoms with Gasteiger partial charge in [-0.15, -0.1) is 0 Å². The Morgan fingerprint density at radius 1 is 1.16 bits per heavy atom. The summed E-state index contributed by atoms with van der Waals surface area (Å²) in [5.41, 5.74) is 1.12. The molecule has 94 valence electrons. The number of rotatable bonds is 3. The Bertz CT molecular complexity index is 702. The maximum absolute atomic E-state index is 12.1. The van der Waals surface area contributed by atoms with Crippen LogP contribution in [0.4, 0.5) is 0 Å². The second kappa shape index (κ2) is 4.89. The summed E-state index contributed by atoms with van der Waals surface area (Å²) in [6, 6.07) is 11.0. The van der Waals surface area contributed by atoms with E-state index in [4.69, 9.17) is 4.42 Å². The molecule has 2 heterocycles. The quantitative estimate of drug-likeness (QED) is 0.776. The molecule has 1 aromatic carbocycles. The number of nitrogens with zero attached hydrogens (tertiary/aromatic N) is 2. The topological polar surface area (TPSA) is 68.0 Å². The van der Waals surface area contributed by atoms with E-state index in [-0.39, 0.29) is 5.91 Å². The van der Waals surface area contributed by atoms with E-state index in [2.05, 4.69) is 15.3 Å². The molecule has 0 bridgehead atoms. The van der Waals surface area contributed by atoms with Gasteiger partial charge in [-0.25, -0.2) is 9.97 Å². The van der Waals surface area contributed by atoms with Crippen LogP contribution in [0.5, 0.6) is 0 Å². The Kier molecular flexibility index (Phi) is 2.94. The van der Waals surface area contributed by atoms with Crippen LogP contribution >= 0.6 is 0 Å². The maximum atomic E-state index is 12.1. The molecule has 0 unspecified atom stereocenters. The third-order valence-electron chi connectivity index (χ3n) is 2.76. The first kappa shape index (κ1) is 11.4. The third kappa shape index (κ3) is 2.30. The number of carbonyl (C=O) groups excluding carboxylic acids is 1. The predicted octanol–water partition coefficient (Wildman–Crippen LogP) is 2.15. The zero-order valence-corrected chi connectivity index (χ0v) is 10.0. The number of amides is 1. The molecular weight excluding hydrogens is 242 g/mol. The van der Waals surface area contributed by atoms with Crippen LogP contribution in [0, 0.1) is 0 Å². The van der Waals surface area contributed by atoms with E-state index in [0.29, 0.717) is 18.0 Å². The van der Waals surface area contributed by atoms with E-state index in [1.165, 1.54) is 6.33 Å². The van der Waals surface area contributed by atoms with Crippen molar-refractivity contribution in [2.75, 3.05) is 0 Å². The first-order valence-corrected chi connectivity index (χ1v) is 5.85. The molecule has 0 fully saturated rings. The number of furan rings is 1. The molecule has 3 rings (SSSR count). The van der Waals surface area contributed by atoms with Crippen molar-refractivity contribution in [1.82, 2.24) is 15.3 Å². The number of benzene rings is 1. The predicted molar refractivity (Wildman–Crippen MR) is 69.4 cm³/mol. The molecule has 0 saturated carbocycles. The Morgan fingerprint density at radius 3 is 2.89 bits per heavy atom. The molecule has 0 radical (unpaired) electrons. The summed E-state index contributed by atoms with van der Waals surface area (Å²) in [6.45, 7) is 0.337. The zero-order chi connectivity index (χ0) is 13.1. The number of aromatic nitrogens is 2. The highest BCUT2D eigenvalue weighted by molar-refractivity contribution is 6.03. The molecule has 0 saturated heterocycles. The standard InChI is InChI=1S/C14H11N3O2/c18-14(15-8-10-4-3-7-19-10)13-11-5-1-2-6-12(11)16-9-17-13/h1-7,9H,8H2,(H,15,18). The van der Waals surface area contributed by atoms with Crippen molar-refractivity contribution < 1.29 is 9.21 Å². The van der Waals surface area contributed by atoms with Gasteiger partial charge < -0.3 is 9.73 Å². The van der Waals surface area contributed by atoms with Gasteiger partial charge in [0.15, 0.2) is 0 Å². The zero-order valence-electron chi connectivity index (χ0n) is 10.0. The molecule has 5 heteroatoms. The smallest absolute Gasteiger partial charge is 0.271 e. The number of hydrogen-bond acceptors (Lipinski definition) is 4. The highest BCUT2D eigenvalue weighted by atomic mass is 16.3. The van der Waals surface area contributed by atoms with Crippen molar-refractivity contribution in [3.63, 3.8) is 0 Å². The summed E-state index contributed by atoms with van der Waals surface area (Å²) < 4.78 is 5.16. The minimum absolute atomic E-state index is 0.241. The Morgan fingerprint density at radius 2 is 2.05 bits per heavy atom. The van der Waals surface area contributed by atoms with Gasteiger partial charge in [0.05, 0.1) is 18.3 Å². The number of carbonyl (C=O) groups is 1. The van der Waals surface area contributed by atoms with Crippen molar-refractivity contribution in [2.45, 2.75) is 6.54 Å². The van der Waals surface area contributed by atoms with Gasteiger partial charge in [0.1, 0.15) is 17.8 Å². The van der Waals surface area contributed by atoms with Gasteiger partial charge in [0.25, 0.3) is 5.91 Å². The molecule has 3 aromatic rings. The number of para-hydroxylation sites is 1. The number of fused-ring (bicyclic) bond motifs is 1. The fraction of sp³-hybridized carbons (Fsp3) is 0.0714. The average molecular weight is 253 g/mol. The molecule has 0 aliphatic rings. The molecular formula is C14H11N3O2. The molecule has 0 aliphatic carbocycles. The SMILES string of the molecule is O=C(NCc1ccco1)c1ncnc2ccccc12. The van der Waals surface area contributed by atoms with Gasteiger partial charge in [0, 0.05) is 5.39 Å². The normalized spacial score (nSPS) is 10.5. The van der Waals surface area contributed by atoms with Crippen LogP contribution in [-0.2, 0) is 6.54 Å². The van der Waals surface area contributed by atoms with Gasteiger partial charge in [-0.05, 0) is 18.2 Å². The van der Waals surface area contributed by atoms with Crippen LogP contribution in [-0.4, -0.2) is 15.9 Å². The van der Waals surface area contributed by atoms with E-state index in [0.717, 1.165) is 10.9 Å². The monoisotopic (exact) mass is 253 g/mol. The second-order valence-electron chi connectivity index (χ2n) is 4.00. The van der Waals surface area contributed by atoms with Crippen molar-refractivity contribution in [3.05, 3.63) is 60.4 Å². The Hall–Kier alpha value is -2.69. The Labute approximate surface area is 109 Å². The van der Waals surface area contributed by atoms with E-state index in [9.17, 15) is 4.79 Å². The summed E-state index contributed by atoms with van der Waals surface area (Å²) in [5, 5.41) is 3.51. The van der Waals surface area contributed by atoms with Gasteiger partial charge >= 0.3 is 0 Å². The van der Waals surface area contributed by atoms with Crippen molar-refractivity contribution >= 4 is 16.8 Å². The molecule has 1 amide bonds. The van der Waals surface area contributed by atoms with Crippen LogP contribution in [0.3, 0.4) is 0 Å². The second-order valence-corrected chi connectivity index (χ2v) is 4.00. The molecule has 1 N–H and O–H groups in total. The number of hydrogen-bond donors (Lipinski definition) is 1. The van der Waals surface area contributed by atoms with E-state index in [1.54, 1.807) is 18.4 Å². The molecule has 0 spiro atoms. The Balaban J connectivity index is 1.85. The van der Waals surface area contributed by atoms with Gasteiger partial charge in [0.2, 0.25) is 0 Å². The highest BCUT2D eigenvalue weighted by Crippen LogP contribution is 2.13. The summed E-state index contributed by atoms with van der Waals surface area (Å²) in [6.07, 6.45) is 2.96. The van der Waals surface area contributed by atoms with Gasteiger partial charge in [-0.3, -0.25) is 4.79 Å². The third-order valence-corrected chi connectivity index (χ3v) is 2.76. The summed E-state index contributed by atoms with van der Waals surface area (Å²) in [7, 11) is 0. The van der Waals surface area contributed by atoms with Crippen LogP contribution in [0.1, 0.15) is 16.2 Å². The van der Waals surface area contributed by atoms with Gasteiger partial charge in [-0.2, -0.15) is 0 Å². The highest BCUT2D eigenvalue weighted by Gasteiger charge is 2.11. The van der Waals surface area contributed by atoms with Crippen molar-refractivity contribution in [3.8, 4) is 0 Å². The molecule has 2 aromatic heterocycles. The van der Waals surface area contributed by atoms with Crippen LogP contribution in [0.2, 0.25) is 0 Å². The fourth-order valence-corrected chi connectivity index (χ4v) is 1.85. The lowest BCUT2D eigenvalue weighted by atomic mass is 10.2. The summed E-state index contributed by atoms with van der Waals surface area (Å²) in [5.74, 6) is 0.460.